The predicted molar refractivity (Wildman–Crippen MR) is 156 cm³/mol. The zero-order valence-corrected chi connectivity index (χ0v) is 25.6. The van der Waals surface area contributed by atoms with Gasteiger partial charge >= 0.3 is 0 Å². The molecule has 3 heterocycles. The van der Waals surface area contributed by atoms with E-state index >= 15 is 0 Å². The van der Waals surface area contributed by atoms with Gasteiger partial charge in [-0.2, -0.15) is 4.31 Å². The summed E-state index contributed by atoms with van der Waals surface area (Å²) in [6.07, 6.45) is 0. The molecule has 0 aliphatic carbocycles. The van der Waals surface area contributed by atoms with Crippen molar-refractivity contribution in [2.24, 2.45) is 0 Å². The number of benzene rings is 2. The molecule has 3 aliphatic rings. The maximum Gasteiger partial charge on any atom is 0.261 e. The Hall–Kier alpha value is -1.02. The van der Waals surface area contributed by atoms with Gasteiger partial charge < -0.3 is 4.74 Å². The van der Waals surface area contributed by atoms with Gasteiger partial charge in [0, 0.05) is 83.5 Å². The van der Waals surface area contributed by atoms with Gasteiger partial charge in [-0.05, 0) is 18.2 Å². The second kappa shape index (κ2) is 15.3. The number of halogens is 4. The number of hydrogen-bond donors (Lipinski definition) is 0. The van der Waals surface area contributed by atoms with Crippen LogP contribution in [0.4, 0.5) is 0 Å². The summed E-state index contributed by atoms with van der Waals surface area (Å²) < 4.78 is 45.1. The monoisotopic (exact) mass is 659 g/mol. The van der Waals surface area contributed by atoms with Gasteiger partial charge in [0.1, 0.15) is 0 Å². The highest BCUT2D eigenvalue weighted by molar-refractivity contribution is 7.89. The average Bonchev–Trinajstić information content (AvgIpc) is 2.93. The molecule has 9 nitrogen and oxygen atoms in total. The summed E-state index contributed by atoms with van der Waals surface area (Å²) in [5, 5.41) is 1.14. The van der Waals surface area contributed by atoms with Crippen LogP contribution in [0.5, 0.6) is 0 Å². The molecule has 15 heteroatoms. The van der Waals surface area contributed by atoms with E-state index in [1.165, 1.54) is 21.3 Å². The van der Waals surface area contributed by atoms with E-state index in [1.54, 1.807) is 18.2 Å². The van der Waals surface area contributed by atoms with Crippen LogP contribution in [0.25, 0.3) is 10.8 Å². The summed E-state index contributed by atoms with van der Waals surface area (Å²) >= 11 is 19.1. The molecule has 0 saturated carbocycles. The molecule has 0 aromatic heterocycles. The van der Waals surface area contributed by atoms with E-state index in [0.717, 1.165) is 13.1 Å². The van der Waals surface area contributed by atoms with Crippen LogP contribution < -0.4 is 0 Å². The lowest BCUT2D eigenvalue weighted by molar-refractivity contribution is 0.0316. The van der Waals surface area contributed by atoms with Crippen LogP contribution in [0.15, 0.2) is 35.2 Å². The highest BCUT2D eigenvalue weighted by atomic mass is 35.5. The number of imide groups is 1. The zero-order valence-electron chi connectivity index (χ0n) is 21.0. The summed E-state index contributed by atoms with van der Waals surface area (Å²) in [6, 6.07) is 7.90. The second-order valence-corrected chi connectivity index (χ2v) is 13.7. The molecule has 0 bridgehead atoms. The maximum atomic E-state index is 13.4. The van der Waals surface area contributed by atoms with Gasteiger partial charge in [-0.3, -0.25) is 23.6 Å². The van der Waals surface area contributed by atoms with Crippen molar-refractivity contribution in [2.45, 2.75) is 4.90 Å². The summed E-state index contributed by atoms with van der Waals surface area (Å²) in [7, 11) is -4.87. The Morgan fingerprint density at radius 2 is 1.38 bits per heavy atom. The lowest BCUT2D eigenvalue weighted by Gasteiger charge is -2.32. The highest BCUT2D eigenvalue weighted by Crippen LogP contribution is 2.35. The number of carbonyl (C=O) groups is 2. The van der Waals surface area contributed by atoms with Crippen LogP contribution in [0.3, 0.4) is 0 Å². The van der Waals surface area contributed by atoms with Crippen LogP contribution in [-0.2, 0) is 25.6 Å². The SMILES string of the molecule is ClCCl.ClCCl.O=C1c2cccc3c(S(=O)(=O)N4CCS(=O)CC4)ccc(c23)C(=O)N1CCN1CCOCC1. The van der Waals surface area contributed by atoms with E-state index in [4.69, 9.17) is 51.1 Å². The third-order valence-electron chi connectivity index (χ3n) is 6.45. The third-order valence-corrected chi connectivity index (χ3v) is 9.68. The molecule has 0 atom stereocenters. The number of sulfonamides is 1. The number of morpholine rings is 1. The summed E-state index contributed by atoms with van der Waals surface area (Å²) in [5.74, 6) is -0.214. The van der Waals surface area contributed by atoms with Crippen LogP contribution in [0.1, 0.15) is 20.7 Å². The van der Waals surface area contributed by atoms with Crippen LogP contribution in [-0.4, -0.2) is 113 Å². The Morgan fingerprint density at radius 3 is 1.97 bits per heavy atom. The summed E-state index contributed by atoms with van der Waals surface area (Å²) in [6.45, 7) is 3.98. The van der Waals surface area contributed by atoms with E-state index in [2.05, 4.69) is 4.90 Å². The van der Waals surface area contributed by atoms with Crippen molar-refractivity contribution in [1.82, 2.24) is 14.1 Å². The van der Waals surface area contributed by atoms with Crippen molar-refractivity contribution in [2.75, 3.05) is 74.7 Å². The minimum Gasteiger partial charge on any atom is -0.379 e. The van der Waals surface area contributed by atoms with Crippen molar-refractivity contribution in [3.63, 3.8) is 0 Å². The molecule has 2 aromatic carbocycles. The molecular weight excluding hydrogens is 632 g/mol. The Kier molecular flexibility index (Phi) is 12.7. The van der Waals surface area contributed by atoms with Crippen LogP contribution in [0.2, 0.25) is 0 Å². The number of nitrogens with zero attached hydrogens (tertiary/aromatic N) is 3. The molecule has 2 saturated heterocycles. The molecule has 0 radical (unpaired) electrons. The predicted octanol–water partition coefficient (Wildman–Crippen LogP) is 3.36. The van der Waals surface area contributed by atoms with E-state index in [0.29, 0.717) is 53.2 Å². The number of rotatable bonds is 5. The molecule has 216 valence electrons. The second-order valence-electron chi connectivity index (χ2n) is 8.51. The van der Waals surface area contributed by atoms with Gasteiger partial charge in [-0.25, -0.2) is 8.42 Å². The van der Waals surface area contributed by atoms with Crippen molar-refractivity contribution in [1.29, 1.82) is 0 Å². The Bertz CT molecular complexity index is 1270. The van der Waals surface area contributed by atoms with Gasteiger partial charge in [0.2, 0.25) is 10.0 Å². The first kappa shape index (κ1) is 32.5. The average molecular weight is 661 g/mol. The van der Waals surface area contributed by atoms with E-state index in [-0.39, 0.29) is 35.2 Å². The Labute approximate surface area is 250 Å². The van der Waals surface area contributed by atoms with Crippen molar-refractivity contribution >= 4 is 89.8 Å². The fraction of sp³-hybridized carbons (Fsp3) is 0.500. The first-order valence-electron chi connectivity index (χ1n) is 12.0. The van der Waals surface area contributed by atoms with E-state index < -0.39 is 32.6 Å². The molecule has 0 spiro atoms. The van der Waals surface area contributed by atoms with Gasteiger partial charge in [0.15, 0.2) is 0 Å². The smallest absolute Gasteiger partial charge is 0.261 e. The minimum atomic E-state index is -3.86. The summed E-state index contributed by atoms with van der Waals surface area (Å²) in [4.78, 5) is 30.0. The number of ether oxygens (including phenoxy) is 1. The largest absolute Gasteiger partial charge is 0.379 e. The van der Waals surface area contributed by atoms with Crippen molar-refractivity contribution in [3.8, 4) is 0 Å². The standard InChI is InChI=1S/C22H25N3O6S2.2CH2Cl2/c26-21-17-3-1-2-16-19(33(29,30)24-10-14-32(28)15-11-24)5-4-18(20(16)17)22(27)25(21)7-6-23-8-12-31-13-9-23;2*2-1-3/h1-5H,6-15H2;2*1H2. The number of hydrogen-bond acceptors (Lipinski definition) is 7. The van der Waals surface area contributed by atoms with Crippen molar-refractivity contribution < 1.29 is 27.0 Å². The Morgan fingerprint density at radius 1 is 0.821 bits per heavy atom. The number of carbonyl (C=O) groups excluding carboxylic acids is 2. The molecule has 2 amide bonds. The van der Waals surface area contributed by atoms with Crippen LogP contribution >= 0.6 is 46.4 Å². The lowest BCUT2D eigenvalue weighted by atomic mass is 9.94. The first-order chi connectivity index (χ1) is 18.7. The molecule has 2 aromatic rings. The highest BCUT2D eigenvalue weighted by Gasteiger charge is 2.36. The molecule has 39 heavy (non-hydrogen) atoms. The van der Waals surface area contributed by atoms with Crippen LogP contribution in [0, 0.1) is 0 Å². The topological polar surface area (TPSA) is 104 Å². The molecule has 5 rings (SSSR count). The Balaban J connectivity index is 0.000000643. The van der Waals surface area contributed by atoms with Gasteiger partial charge in [-0.1, -0.05) is 12.1 Å². The van der Waals surface area contributed by atoms with Gasteiger partial charge in [0.05, 0.1) is 28.8 Å². The molecule has 3 aliphatic heterocycles. The fourth-order valence-electron chi connectivity index (χ4n) is 4.61. The first-order valence-corrected chi connectivity index (χ1v) is 17.1. The third kappa shape index (κ3) is 7.64. The number of amides is 2. The zero-order chi connectivity index (χ0) is 28.6. The number of alkyl halides is 4. The minimum absolute atomic E-state index is 0.0677. The molecule has 2 fully saturated rings. The summed E-state index contributed by atoms with van der Waals surface area (Å²) in [5.41, 5.74) is 0.668. The maximum absolute atomic E-state index is 13.4. The quantitative estimate of drug-likeness (QED) is 0.358. The van der Waals surface area contributed by atoms with E-state index in [1.807, 2.05) is 0 Å². The molecular formula is C24H29Cl4N3O6S2. The molecule has 0 unspecified atom stereocenters. The fourth-order valence-corrected chi connectivity index (χ4v) is 7.53. The molecule has 0 N–H and O–H groups in total. The van der Waals surface area contributed by atoms with E-state index in [9.17, 15) is 22.2 Å². The lowest BCUT2D eigenvalue weighted by Crippen LogP contribution is -2.46. The van der Waals surface area contributed by atoms with Gasteiger partial charge in [0.25, 0.3) is 11.8 Å². The van der Waals surface area contributed by atoms with Crippen molar-refractivity contribution in [3.05, 3.63) is 41.5 Å². The normalized spacial score (nSPS) is 18.8. The van der Waals surface area contributed by atoms with Gasteiger partial charge in [-0.15, -0.1) is 46.4 Å².